The first kappa shape index (κ1) is 90.1. The predicted molar refractivity (Wildman–Crippen MR) is 372 cm³/mol. The predicted octanol–water partition coefficient (Wildman–Crippen LogP) is 21.2. The Bertz CT molecular complexity index is 1790. The molecule has 0 aromatic carbocycles. The fourth-order valence-corrected chi connectivity index (χ4v) is 12.7. The second-order valence-electron chi connectivity index (χ2n) is 27.1. The van der Waals surface area contributed by atoms with Crippen LogP contribution in [0.25, 0.3) is 0 Å². The number of phosphoric acid groups is 2. The Morgan fingerprint density at radius 1 is 0.315 bits per heavy atom. The summed E-state index contributed by atoms with van der Waals surface area (Å²) in [5.41, 5.74) is 0. The number of aliphatic hydroxyl groups is 1. The zero-order valence-electron chi connectivity index (χ0n) is 59.9. The maximum atomic E-state index is 13.1. The maximum Gasteiger partial charge on any atom is 0.472 e. The highest BCUT2D eigenvalue weighted by Crippen LogP contribution is 2.45. The van der Waals surface area contributed by atoms with Crippen molar-refractivity contribution in [3.63, 3.8) is 0 Å². The van der Waals surface area contributed by atoms with Crippen LogP contribution in [0.5, 0.6) is 0 Å². The van der Waals surface area contributed by atoms with Gasteiger partial charge in [-0.2, -0.15) is 0 Å². The highest BCUT2D eigenvalue weighted by molar-refractivity contribution is 7.47. The molecule has 0 spiro atoms. The molecule has 0 heterocycles. The van der Waals surface area contributed by atoms with Gasteiger partial charge in [0.15, 0.2) is 12.2 Å². The van der Waals surface area contributed by atoms with Gasteiger partial charge in [-0.1, -0.05) is 324 Å². The second-order valence-corrected chi connectivity index (χ2v) is 30.0. The number of phosphoric ester groups is 2. The number of unbranched alkanes of at least 4 members (excludes halogenated alkanes) is 41. The van der Waals surface area contributed by atoms with Crippen LogP contribution in [0.3, 0.4) is 0 Å². The van der Waals surface area contributed by atoms with E-state index in [2.05, 4.69) is 41.5 Å². The summed E-state index contributed by atoms with van der Waals surface area (Å²) in [6.07, 6.45) is 51.4. The number of carbonyl (C=O) groups excluding carboxylic acids is 4. The van der Waals surface area contributed by atoms with E-state index in [4.69, 9.17) is 37.0 Å². The summed E-state index contributed by atoms with van der Waals surface area (Å²) >= 11 is 0. The lowest BCUT2D eigenvalue weighted by Gasteiger charge is -2.21. The smallest absolute Gasteiger partial charge is 0.462 e. The monoisotopic (exact) mass is 1350 g/mol. The Morgan fingerprint density at radius 3 is 0.826 bits per heavy atom. The van der Waals surface area contributed by atoms with Crippen LogP contribution >= 0.6 is 15.6 Å². The molecule has 0 saturated carbocycles. The molecule has 0 aliphatic carbocycles. The molecule has 0 saturated heterocycles. The van der Waals surface area contributed by atoms with Crippen molar-refractivity contribution in [2.75, 3.05) is 39.6 Å². The van der Waals surface area contributed by atoms with Gasteiger partial charge in [-0.15, -0.1) is 0 Å². The minimum atomic E-state index is -4.95. The molecule has 0 amide bonds. The van der Waals surface area contributed by atoms with Gasteiger partial charge in [0.1, 0.15) is 19.3 Å². The normalized spacial score (nSPS) is 14.4. The average Bonchev–Trinajstić information content (AvgIpc) is 3.48. The summed E-state index contributed by atoms with van der Waals surface area (Å²) in [5.74, 6) is -0.494. The van der Waals surface area contributed by atoms with Gasteiger partial charge >= 0.3 is 39.5 Å². The summed E-state index contributed by atoms with van der Waals surface area (Å²) in [6.45, 7) is 9.59. The fraction of sp³-hybridized carbons (Fsp3) is 0.945. The number of carbonyl (C=O) groups is 4. The Hall–Kier alpha value is -1.94. The van der Waals surface area contributed by atoms with Crippen LogP contribution in [0.2, 0.25) is 0 Å². The molecule has 92 heavy (non-hydrogen) atoms. The van der Waals surface area contributed by atoms with E-state index in [1.165, 1.54) is 186 Å². The number of aliphatic hydroxyl groups excluding tert-OH is 1. The minimum Gasteiger partial charge on any atom is -0.462 e. The van der Waals surface area contributed by atoms with Crippen LogP contribution in [-0.2, 0) is 65.4 Å². The van der Waals surface area contributed by atoms with Gasteiger partial charge in [0.25, 0.3) is 0 Å². The summed E-state index contributed by atoms with van der Waals surface area (Å²) in [6, 6.07) is 0. The first-order valence-corrected chi connectivity index (χ1v) is 41.0. The van der Waals surface area contributed by atoms with Crippen LogP contribution in [0.15, 0.2) is 0 Å². The zero-order chi connectivity index (χ0) is 67.9. The number of esters is 4. The Kier molecular flexibility index (Phi) is 63.7. The molecule has 0 radical (unpaired) electrons. The molecular formula is C73H142O17P2. The number of hydrogen-bond acceptors (Lipinski definition) is 15. The van der Waals surface area contributed by atoms with Gasteiger partial charge in [0.05, 0.1) is 26.4 Å². The Labute approximate surface area is 562 Å². The average molecular weight is 1350 g/mol. The van der Waals surface area contributed by atoms with E-state index in [9.17, 15) is 43.2 Å². The number of rotatable bonds is 72. The minimum absolute atomic E-state index is 0.106. The molecule has 0 fully saturated rings. The first-order valence-electron chi connectivity index (χ1n) is 38.0. The van der Waals surface area contributed by atoms with Crippen molar-refractivity contribution in [2.24, 2.45) is 11.8 Å². The molecule has 0 rings (SSSR count). The van der Waals surface area contributed by atoms with Crippen molar-refractivity contribution in [1.29, 1.82) is 0 Å². The second kappa shape index (κ2) is 65.0. The van der Waals surface area contributed by atoms with Crippen molar-refractivity contribution < 1.29 is 80.2 Å². The molecule has 0 aliphatic heterocycles. The van der Waals surface area contributed by atoms with Crippen LogP contribution in [0, 0.1) is 11.8 Å². The zero-order valence-corrected chi connectivity index (χ0v) is 61.6. The quantitative estimate of drug-likeness (QED) is 0.0222. The molecule has 3 unspecified atom stereocenters. The lowest BCUT2D eigenvalue weighted by atomic mass is 9.99. The van der Waals surface area contributed by atoms with E-state index in [0.29, 0.717) is 25.7 Å². The van der Waals surface area contributed by atoms with Crippen molar-refractivity contribution in [3.8, 4) is 0 Å². The van der Waals surface area contributed by atoms with Crippen molar-refractivity contribution >= 4 is 39.5 Å². The molecule has 0 aromatic heterocycles. The van der Waals surface area contributed by atoms with E-state index < -0.39 is 97.5 Å². The summed E-state index contributed by atoms with van der Waals surface area (Å²) in [4.78, 5) is 72.5. The van der Waals surface area contributed by atoms with Gasteiger partial charge < -0.3 is 33.8 Å². The van der Waals surface area contributed by atoms with E-state index >= 15 is 0 Å². The summed E-state index contributed by atoms with van der Waals surface area (Å²) < 4.78 is 68.3. The van der Waals surface area contributed by atoms with Crippen LogP contribution < -0.4 is 0 Å². The standard InChI is InChI=1S/C73H142O17P2/c1-7-10-12-14-16-30-39-45-51-57-72(77)89-68(61-83-70(75)55-49-43-37-17-15-13-11-8-2)63-87-91(79,80)85-59-67(74)60-86-92(81,82)88-64-69(62-84-71(76)56-50-44-38-33-29-28-32-36-42-48-54-66(6)9-3)90-73(78)58-52-46-40-34-27-25-23-21-19-18-20-22-24-26-31-35-41-47-53-65(4)5/h65-69,74H,7-64H2,1-6H3,(H,79,80)(H,81,82)/t66?,67-,68+,69+/m0/s1. The van der Waals surface area contributed by atoms with E-state index in [-0.39, 0.29) is 25.7 Å². The van der Waals surface area contributed by atoms with E-state index in [0.717, 1.165) is 108 Å². The van der Waals surface area contributed by atoms with Gasteiger partial charge in [-0.3, -0.25) is 37.3 Å². The third-order valence-electron chi connectivity index (χ3n) is 17.3. The van der Waals surface area contributed by atoms with Crippen molar-refractivity contribution in [1.82, 2.24) is 0 Å². The van der Waals surface area contributed by atoms with Crippen molar-refractivity contribution in [3.05, 3.63) is 0 Å². The summed E-state index contributed by atoms with van der Waals surface area (Å²) in [7, 11) is -9.90. The van der Waals surface area contributed by atoms with Gasteiger partial charge in [0, 0.05) is 25.7 Å². The lowest BCUT2D eigenvalue weighted by molar-refractivity contribution is -0.161. The molecular weight excluding hydrogens is 1210 g/mol. The topological polar surface area (TPSA) is 237 Å². The van der Waals surface area contributed by atoms with Gasteiger partial charge in [-0.25, -0.2) is 9.13 Å². The molecule has 19 heteroatoms. The summed E-state index contributed by atoms with van der Waals surface area (Å²) in [5, 5.41) is 10.6. The van der Waals surface area contributed by atoms with E-state index in [1.807, 2.05) is 0 Å². The number of ether oxygens (including phenoxy) is 4. The highest BCUT2D eigenvalue weighted by Gasteiger charge is 2.30. The highest BCUT2D eigenvalue weighted by atomic mass is 31.2. The molecule has 546 valence electrons. The van der Waals surface area contributed by atoms with Gasteiger partial charge in [0.2, 0.25) is 0 Å². The molecule has 0 bridgehead atoms. The van der Waals surface area contributed by atoms with Gasteiger partial charge in [-0.05, 0) is 37.5 Å². The van der Waals surface area contributed by atoms with Crippen LogP contribution in [0.4, 0.5) is 0 Å². The first-order chi connectivity index (χ1) is 44.4. The Balaban J connectivity index is 5.16. The lowest BCUT2D eigenvalue weighted by Crippen LogP contribution is -2.30. The van der Waals surface area contributed by atoms with Crippen molar-refractivity contribution in [2.45, 2.75) is 394 Å². The SMILES string of the molecule is CCCCCCCCCCCC(=O)O[C@H](COC(=O)CCCCCCCCCC)COP(=O)(O)OC[C@H](O)COP(=O)(O)OC[C@@H](COC(=O)CCCCCCCCCCCCC(C)CC)OC(=O)CCCCCCCCCCCCCCCCCCCCC(C)C. The van der Waals surface area contributed by atoms with Crippen LogP contribution in [0.1, 0.15) is 375 Å². The molecule has 0 aromatic rings. The van der Waals surface area contributed by atoms with Crippen LogP contribution in [-0.4, -0.2) is 96.7 Å². The third-order valence-corrected chi connectivity index (χ3v) is 19.2. The molecule has 17 nitrogen and oxygen atoms in total. The Morgan fingerprint density at radius 2 is 0.554 bits per heavy atom. The fourth-order valence-electron chi connectivity index (χ4n) is 11.1. The molecule has 6 atom stereocenters. The third kappa shape index (κ3) is 65.4. The largest absolute Gasteiger partial charge is 0.472 e. The maximum absolute atomic E-state index is 13.1. The van der Waals surface area contributed by atoms with E-state index in [1.54, 1.807) is 0 Å². The number of hydrogen-bond donors (Lipinski definition) is 3. The molecule has 3 N–H and O–H groups in total. The molecule has 0 aliphatic rings.